The van der Waals surface area contributed by atoms with E-state index in [1.54, 1.807) is 33.5 Å². The fourth-order valence-electron chi connectivity index (χ4n) is 3.10. The Kier molecular flexibility index (Phi) is 4.61. The van der Waals surface area contributed by atoms with E-state index >= 15 is 0 Å². The summed E-state index contributed by atoms with van der Waals surface area (Å²) < 4.78 is 21.6. The molecule has 3 rings (SSSR count). The van der Waals surface area contributed by atoms with Crippen molar-refractivity contribution in [3.63, 3.8) is 0 Å². The average Bonchev–Trinajstić information content (AvgIpc) is 3.44. The monoisotopic (exact) mass is 321 g/mol. The van der Waals surface area contributed by atoms with E-state index in [1.807, 2.05) is 4.90 Å². The summed E-state index contributed by atoms with van der Waals surface area (Å²) in [5.41, 5.74) is 0.498. The van der Waals surface area contributed by atoms with Gasteiger partial charge in [0, 0.05) is 18.7 Å². The van der Waals surface area contributed by atoms with Gasteiger partial charge < -0.3 is 23.8 Å². The average molecular weight is 321 g/mol. The molecule has 6 nitrogen and oxygen atoms in total. The first kappa shape index (κ1) is 15.9. The highest BCUT2D eigenvalue weighted by atomic mass is 16.5. The third-order valence-corrected chi connectivity index (χ3v) is 4.53. The van der Waals surface area contributed by atoms with Crippen molar-refractivity contribution in [2.45, 2.75) is 18.9 Å². The Bertz CT molecular complexity index is 585. The maximum Gasteiger partial charge on any atom is 0.258 e. The summed E-state index contributed by atoms with van der Waals surface area (Å²) >= 11 is 0. The Labute approximate surface area is 136 Å². The van der Waals surface area contributed by atoms with Crippen LogP contribution < -0.4 is 14.2 Å². The Morgan fingerprint density at radius 3 is 2.35 bits per heavy atom. The highest BCUT2D eigenvalue weighted by Crippen LogP contribution is 2.39. The molecule has 1 aromatic carbocycles. The lowest BCUT2D eigenvalue weighted by Gasteiger charge is -2.36. The zero-order valence-electron chi connectivity index (χ0n) is 13.8. The highest BCUT2D eigenvalue weighted by molar-refractivity contribution is 5.98. The molecular weight excluding hydrogens is 298 g/mol. The summed E-state index contributed by atoms with van der Waals surface area (Å²) in [5.74, 6) is 2.08. The lowest BCUT2D eigenvalue weighted by atomic mass is 10.1. The normalized spacial score (nSPS) is 21.0. The molecule has 1 amide bonds. The van der Waals surface area contributed by atoms with Crippen LogP contribution in [0.15, 0.2) is 12.1 Å². The van der Waals surface area contributed by atoms with Crippen LogP contribution in [0, 0.1) is 5.92 Å². The minimum Gasteiger partial charge on any atom is -0.496 e. The first-order valence-corrected chi connectivity index (χ1v) is 7.88. The number of amides is 1. The van der Waals surface area contributed by atoms with Crippen molar-refractivity contribution in [1.29, 1.82) is 0 Å². The fraction of sp³-hybridized carbons (Fsp3) is 0.588. The van der Waals surface area contributed by atoms with Crippen molar-refractivity contribution in [1.82, 2.24) is 4.90 Å². The summed E-state index contributed by atoms with van der Waals surface area (Å²) in [6, 6.07) is 3.55. The summed E-state index contributed by atoms with van der Waals surface area (Å²) in [5, 5.41) is 0. The second-order valence-corrected chi connectivity index (χ2v) is 5.89. The number of carbonyl (C=O) groups excluding carboxylic acids is 1. The molecule has 2 fully saturated rings. The van der Waals surface area contributed by atoms with E-state index in [-0.39, 0.29) is 11.9 Å². The molecule has 0 radical (unpaired) electrons. The molecule has 6 heteroatoms. The SMILES string of the molecule is COc1cc(OC)c(C(=O)N2CCOCC2C2CC2)cc1OC. The molecule has 1 aliphatic carbocycles. The van der Waals surface area contributed by atoms with E-state index in [9.17, 15) is 4.79 Å². The standard InChI is InChI=1S/C17H23NO5/c1-20-14-9-16(22-3)15(21-2)8-12(14)17(19)18-6-7-23-10-13(18)11-4-5-11/h8-9,11,13H,4-7,10H2,1-3H3. The van der Waals surface area contributed by atoms with Gasteiger partial charge in [-0.05, 0) is 18.8 Å². The number of hydrogen-bond donors (Lipinski definition) is 0. The maximum atomic E-state index is 13.1. The quantitative estimate of drug-likeness (QED) is 0.830. The lowest BCUT2D eigenvalue weighted by molar-refractivity contribution is -0.00849. The van der Waals surface area contributed by atoms with Crippen LogP contribution in [0.5, 0.6) is 17.2 Å². The Morgan fingerprint density at radius 1 is 1.09 bits per heavy atom. The van der Waals surface area contributed by atoms with E-state index in [2.05, 4.69) is 0 Å². The summed E-state index contributed by atoms with van der Waals surface area (Å²) in [4.78, 5) is 15.0. The second kappa shape index (κ2) is 6.66. The first-order chi connectivity index (χ1) is 11.2. The van der Waals surface area contributed by atoms with E-state index in [0.717, 1.165) is 0 Å². The highest BCUT2D eigenvalue weighted by Gasteiger charge is 2.40. The van der Waals surface area contributed by atoms with E-state index in [1.165, 1.54) is 12.8 Å². The number of carbonyl (C=O) groups is 1. The summed E-state index contributed by atoms with van der Waals surface area (Å²) in [6.45, 7) is 1.80. The Hall–Kier alpha value is -1.95. The molecule has 1 unspecified atom stereocenters. The number of ether oxygens (including phenoxy) is 4. The van der Waals surface area contributed by atoms with Crippen molar-refractivity contribution in [3.8, 4) is 17.2 Å². The van der Waals surface area contributed by atoms with E-state index in [0.29, 0.717) is 48.5 Å². The summed E-state index contributed by atoms with van der Waals surface area (Å²) in [7, 11) is 4.67. The van der Waals surface area contributed by atoms with Gasteiger partial charge in [0.25, 0.3) is 5.91 Å². The third-order valence-electron chi connectivity index (χ3n) is 4.53. The van der Waals surface area contributed by atoms with Gasteiger partial charge in [0.1, 0.15) is 5.75 Å². The molecular formula is C17H23NO5. The molecule has 1 saturated carbocycles. The van der Waals surface area contributed by atoms with Crippen LogP contribution in [0.2, 0.25) is 0 Å². The Balaban J connectivity index is 1.93. The van der Waals surface area contributed by atoms with Gasteiger partial charge in [-0.15, -0.1) is 0 Å². The van der Waals surface area contributed by atoms with Crippen LogP contribution in [-0.4, -0.2) is 57.9 Å². The van der Waals surface area contributed by atoms with Crippen molar-refractivity contribution < 1.29 is 23.7 Å². The molecule has 1 saturated heterocycles. The minimum absolute atomic E-state index is 0.0389. The maximum absolute atomic E-state index is 13.1. The van der Waals surface area contributed by atoms with Crippen LogP contribution in [0.4, 0.5) is 0 Å². The van der Waals surface area contributed by atoms with Gasteiger partial charge >= 0.3 is 0 Å². The summed E-state index contributed by atoms with van der Waals surface area (Å²) in [6.07, 6.45) is 2.34. The Morgan fingerprint density at radius 2 is 1.74 bits per heavy atom. The molecule has 23 heavy (non-hydrogen) atoms. The second-order valence-electron chi connectivity index (χ2n) is 5.89. The molecule has 0 aromatic heterocycles. The van der Waals surface area contributed by atoms with Crippen molar-refractivity contribution >= 4 is 5.91 Å². The minimum atomic E-state index is -0.0389. The molecule has 0 N–H and O–H groups in total. The molecule has 1 aliphatic heterocycles. The predicted molar refractivity (Wildman–Crippen MR) is 84.5 cm³/mol. The number of benzene rings is 1. The van der Waals surface area contributed by atoms with Crippen molar-refractivity contribution in [2.75, 3.05) is 41.1 Å². The van der Waals surface area contributed by atoms with E-state index in [4.69, 9.17) is 18.9 Å². The van der Waals surface area contributed by atoms with Gasteiger partial charge in [-0.25, -0.2) is 0 Å². The van der Waals surface area contributed by atoms with Gasteiger partial charge in [0.05, 0.1) is 46.1 Å². The van der Waals surface area contributed by atoms with Crippen LogP contribution in [-0.2, 0) is 4.74 Å². The number of rotatable bonds is 5. The van der Waals surface area contributed by atoms with Gasteiger partial charge in [-0.1, -0.05) is 0 Å². The number of hydrogen-bond acceptors (Lipinski definition) is 5. The van der Waals surface area contributed by atoms with Crippen LogP contribution in [0.25, 0.3) is 0 Å². The third kappa shape index (κ3) is 3.08. The van der Waals surface area contributed by atoms with Crippen LogP contribution in [0.1, 0.15) is 23.2 Å². The molecule has 126 valence electrons. The lowest BCUT2D eigenvalue weighted by Crippen LogP contribution is -2.49. The zero-order chi connectivity index (χ0) is 16.4. The van der Waals surface area contributed by atoms with Gasteiger partial charge in [-0.2, -0.15) is 0 Å². The van der Waals surface area contributed by atoms with Gasteiger partial charge in [0.2, 0.25) is 0 Å². The topological polar surface area (TPSA) is 57.2 Å². The number of nitrogens with zero attached hydrogens (tertiary/aromatic N) is 1. The van der Waals surface area contributed by atoms with E-state index < -0.39 is 0 Å². The number of methoxy groups -OCH3 is 3. The van der Waals surface area contributed by atoms with Gasteiger partial charge in [-0.3, -0.25) is 4.79 Å². The fourth-order valence-corrected chi connectivity index (χ4v) is 3.10. The molecule has 2 aliphatic rings. The van der Waals surface area contributed by atoms with Crippen LogP contribution in [0.3, 0.4) is 0 Å². The number of morpholine rings is 1. The molecule has 1 atom stereocenters. The largest absolute Gasteiger partial charge is 0.496 e. The van der Waals surface area contributed by atoms with Gasteiger partial charge in [0.15, 0.2) is 11.5 Å². The van der Waals surface area contributed by atoms with Crippen molar-refractivity contribution in [2.24, 2.45) is 5.92 Å². The zero-order valence-corrected chi connectivity index (χ0v) is 13.8. The first-order valence-electron chi connectivity index (χ1n) is 7.88. The van der Waals surface area contributed by atoms with Crippen molar-refractivity contribution in [3.05, 3.63) is 17.7 Å². The smallest absolute Gasteiger partial charge is 0.258 e. The molecule has 1 aromatic rings. The molecule has 0 bridgehead atoms. The molecule has 0 spiro atoms. The molecule has 1 heterocycles. The predicted octanol–water partition coefficient (Wildman–Crippen LogP) is 1.96. The van der Waals surface area contributed by atoms with Crippen LogP contribution >= 0.6 is 0 Å².